The average Bonchev–Trinajstić information content (AvgIpc) is 3.04. The SMILES string of the molecule is CC1=C2c3cc(-c4ccccc4)ccc3N(c3ccccc3)C2CC=C1. The van der Waals surface area contributed by atoms with Crippen molar-refractivity contribution in [2.45, 2.75) is 19.4 Å². The van der Waals surface area contributed by atoms with Gasteiger partial charge in [0, 0.05) is 16.9 Å². The minimum Gasteiger partial charge on any atom is -0.333 e. The van der Waals surface area contributed by atoms with Crippen molar-refractivity contribution in [3.8, 4) is 11.1 Å². The highest BCUT2D eigenvalue weighted by Crippen LogP contribution is 2.49. The van der Waals surface area contributed by atoms with Crippen LogP contribution in [-0.4, -0.2) is 6.04 Å². The Morgan fingerprint density at radius 2 is 1.54 bits per heavy atom. The second kappa shape index (κ2) is 6.03. The van der Waals surface area contributed by atoms with E-state index in [1.165, 1.54) is 39.2 Å². The lowest BCUT2D eigenvalue weighted by molar-refractivity contribution is 0.823. The van der Waals surface area contributed by atoms with E-state index in [2.05, 4.69) is 103 Å². The van der Waals surface area contributed by atoms with Crippen LogP contribution >= 0.6 is 0 Å². The number of hydrogen-bond acceptors (Lipinski definition) is 1. The number of para-hydroxylation sites is 1. The quantitative estimate of drug-likeness (QED) is 0.509. The van der Waals surface area contributed by atoms with E-state index in [-0.39, 0.29) is 0 Å². The summed E-state index contributed by atoms with van der Waals surface area (Å²) in [6.07, 6.45) is 5.64. The van der Waals surface area contributed by atoms with Gasteiger partial charge in [0.25, 0.3) is 0 Å². The van der Waals surface area contributed by atoms with Crippen molar-refractivity contribution in [1.29, 1.82) is 0 Å². The number of allylic oxidation sites excluding steroid dienone is 2. The maximum absolute atomic E-state index is 2.51. The number of hydrogen-bond donors (Lipinski definition) is 0. The molecule has 1 unspecified atom stereocenters. The standard InChI is InChI=1S/C25H21N/c1-18-9-8-14-24-25(18)22-17-20(19-10-4-2-5-11-19)15-16-23(22)26(24)21-12-6-3-7-13-21/h2-13,15-17,24H,14H2,1H3. The third-order valence-corrected chi connectivity index (χ3v) is 5.48. The van der Waals surface area contributed by atoms with Gasteiger partial charge >= 0.3 is 0 Å². The molecule has 1 heteroatoms. The number of benzene rings is 3. The molecule has 3 aromatic carbocycles. The molecule has 0 aromatic heterocycles. The van der Waals surface area contributed by atoms with Crippen molar-refractivity contribution in [3.05, 3.63) is 102 Å². The van der Waals surface area contributed by atoms with Gasteiger partial charge in [0.1, 0.15) is 0 Å². The Kier molecular flexibility index (Phi) is 3.53. The van der Waals surface area contributed by atoms with Crippen molar-refractivity contribution >= 4 is 16.9 Å². The van der Waals surface area contributed by atoms with Crippen LogP contribution in [0.5, 0.6) is 0 Å². The molecule has 0 saturated carbocycles. The normalized spacial score (nSPS) is 18.0. The number of fused-ring (bicyclic) bond motifs is 3. The zero-order chi connectivity index (χ0) is 17.5. The van der Waals surface area contributed by atoms with Gasteiger partial charge < -0.3 is 4.90 Å². The van der Waals surface area contributed by atoms with Crippen LogP contribution in [0.3, 0.4) is 0 Å². The van der Waals surface area contributed by atoms with E-state index >= 15 is 0 Å². The molecule has 0 saturated heterocycles. The van der Waals surface area contributed by atoms with Gasteiger partial charge in [-0.15, -0.1) is 0 Å². The van der Waals surface area contributed by atoms with E-state index in [0.29, 0.717) is 6.04 Å². The Morgan fingerprint density at radius 1 is 0.808 bits per heavy atom. The number of anilines is 2. The summed E-state index contributed by atoms with van der Waals surface area (Å²) in [7, 11) is 0. The largest absolute Gasteiger partial charge is 0.333 e. The second-order valence-corrected chi connectivity index (χ2v) is 7.05. The highest BCUT2D eigenvalue weighted by molar-refractivity contribution is 5.96. The Hall–Kier alpha value is -3.06. The van der Waals surface area contributed by atoms with E-state index < -0.39 is 0 Å². The fraction of sp³-hybridized carbons (Fsp3) is 0.120. The van der Waals surface area contributed by atoms with Crippen LogP contribution in [-0.2, 0) is 0 Å². The van der Waals surface area contributed by atoms with Crippen molar-refractivity contribution in [3.63, 3.8) is 0 Å². The third-order valence-electron chi connectivity index (χ3n) is 5.48. The summed E-state index contributed by atoms with van der Waals surface area (Å²) in [5.74, 6) is 0. The zero-order valence-electron chi connectivity index (χ0n) is 14.9. The van der Waals surface area contributed by atoms with E-state index in [1.54, 1.807) is 0 Å². The Labute approximate surface area is 154 Å². The lowest BCUT2D eigenvalue weighted by Gasteiger charge is -2.29. The third kappa shape index (κ3) is 2.32. The molecule has 2 aliphatic rings. The van der Waals surface area contributed by atoms with Gasteiger partial charge in [0.05, 0.1) is 6.04 Å². The van der Waals surface area contributed by atoms with E-state index in [0.717, 1.165) is 6.42 Å². The Morgan fingerprint density at radius 3 is 2.31 bits per heavy atom. The van der Waals surface area contributed by atoms with Gasteiger partial charge in [-0.25, -0.2) is 0 Å². The molecular formula is C25H21N. The summed E-state index contributed by atoms with van der Waals surface area (Å²) in [6, 6.07) is 28.7. The van der Waals surface area contributed by atoms with Crippen LogP contribution in [0.2, 0.25) is 0 Å². The summed E-state index contributed by atoms with van der Waals surface area (Å²) in [5.41, 5.74) is 9.38. The molecule has 1 aliphatic carbocycles. The molecule has 1 aliphatic heterocycles. The van der Waals surface area contributed by atoms with Crippen LogP contribution in [0.25, 0.3) is 16.7 Å². The topological polar surface area (TPSA) is 3.24 Å². The van der Waals surface area contributed by atoms with Crippen LogP contribution in [0.15, 0.2) is 96.6 Å². The van der Waals surface area contributed by atoms with Gasteiger partial charge in [0.2, 0.25) is 0 Å². The predicted octanol–water partition coefficient (Wildman–Crippen LogP) is 6.61. The number of nitrogens with zero attached hydrogens (tertiary/aromatic N) is 1. The fourth-order valence-electron chi connectivity index (χ4n) is 4.32. The first kappa shape index (κ1) is 15.2. The van der Waals surface area contributed by atoms with Crippen molar-refractivity contribution in [2.75, 3.05) is 4.90 Å². The summed E-state index contributed by atoms with van der Waals surface area (Å²) in [5, 5.41) is 0. The summed E-state index contributed by atoms with van der Waals surface area (Å²) < 4.78 is 0. The molecule has 0 radical (unpaired) electrons. The minimum absolute atomic E-state index is 0.392. The molecule has 0 bridgehead atoms. The van der Waals surface area contributed by atoms with Crippen molar-refractivity contribution < 1.29 is 0 Å². The van der Waals surface area contributed by atoms with Crippen LogP contribution in [0, 0.1) is 0 Å². The highest BCUT2D eigenvalue weighted by Gasteiger charge is 2.36. The minimum atomic E-state index is 0.392. The maximum atomic E-state index is 2.51. The molecule has 126 valence electrons. The lowest BCUT2D eigenvalue weighted by atomic mass is 9.90. The van der Waals surface area contributed by atoms with E-state index in [4.69, 9.17) is 0 Å². The van der Waals surface area contributed by atoms with Crippen LogP contribution in [0.4, 0.5) is 11.4 Å². The molecule has 26 heavy (non-hydrogen) atoms. The Balaban J connectivity index is 1.72. The summed E-state index contributed by atoms with van der Waals surface area (Å²) in [6.45, 7) is 2.24. The van der Waals surface area contributed by atoms with Gasteiger partial charge in [0.15, 0.2) is 0 Å². The zero-order valence-corrected chi connectivity index (χ0v) is 14.9. The highest BCUT2D eigenvalue weighted by atomic mass is 15.2. The molecule has 1 nitrogen and oxygen atoms in total. The van der Waals surface area contributed by atoms with Crippen LogP contribution < -0.4 is 4.90 Å². The first-order valence-corrected chi connectivity index (χ1v) is 9.24. The van der Waals surface area contributed by atoms with Crippen LogP contribution in [0.1, 0.15) is 18.9 Å². The molecule has 1 heterocycles. The van der Waals surface area contributed by atoms with Gasteiger partial charge in [-0.1, -0.05) is 66.7 Å². The first-order valence-electron chi connectivity index (χ1n) is 9.24. The maximum Gasteiger partial charge on any atom is 0.0635 e. The van der Waals surface area contributed by atoms with Gasteiger partial charge in [-0.05, 0) is 59.9 Å². The van der Waals surface area contributed by atoms with Gasteiger partial charge in [-0.3, -0.25) is 0 Å². The molecule has 1 atom stereocenters. The summed E-state index contributed by atoms with van der Waals surface area (Å²) in [4.78, 5) is 2.51. The monoisotopic (exact) mass is 335 g/mol. The van der Waals surface area contributed by atoms with Crippen molar-refractivity contribution in [1.82, 2.24) is 0 Å². The molecule has 5 rings (SSSR count). The van der Waals surface area contributed by atoms with Crippen molar-refractivity contribution in [2.24, 2.45) is 0 Å². The van der Waals surface area contributed by atoms with E-state index in [9.17, 15) is 0 Å². The first-order chi connectivity index (χ1) is 12.8. The molecular weight excluding hydrogens is 314 g/mol. The smallest absolute Gasteiger partial charge is 0.0635 e. The second-order valence-electron chi connectivity index (χ2n) is 7.05. The molecule has 0 fully saturated rings. The average molecular weight is 335 g/mol. The molecule has 3 aromatic rings. The predicted molar refractivity (Wildman–Crippen MR) is 111 cm³/mol. The van der Waals surface area contributed by atoms with E-state index in [1.807, 2.05) is 0 Å². The fourth-order valence-corrected chi connectivity index (χ4v) is 4.32. The van der Waals surface area contributed by atoms with Gasteiger partial charge in [-0.2, -0.15) is 0 Å². The lowest BCUT2D eigenvalue weighted by Crippen LogP contribution is -2.27. The molecule has 0 amide bonds. The summed E-state index contributed by atoms with van der Waals surface area (Å²) >= 11 is 0. The molecule has 0 N–H and O–H groups in total. The molecule has 0 spiro atoms. The Bertz CT molecular complexity index is 1010. The number of rotatable bonds is 2.